The molecule has 1 N–H and O–H groups in total. The lowest BCUT2D eigenvalue weighted by atomic mass is 9.98. The Labute approximate surface area is 165 Å². The molecule has 0 atom stereocenters. The van der Waals surface area contributed by atoms with Crippen LogP contribution >= 0.6 is 0 Å². The second-order valence-electron chi connectivity index (χ2n) is 7.41. The molecule has 0 unspecified atom stereocenters. The maximum absolute atomic E-state index is 12.9. The molecule has 0 radical (unpaired) electrons. The average molecular weight is 394 g/mol. The Hall–Kier alpha value is -3.61. The topological polar surface area (TPSA) is 87.4 Å². The summed E-state index contributed by atoms with van der Waals surface area (Å²) in [4.78, 5) is 12.9. The van der Waals surface area contributed by atoms with Gasteiger partial charge < -0.3 is 28.5 Å². The van der Waals surface area contributed by atoms with E-state index in [2.05, 4.69) is 0 Å². The van der Waals surface area contributed by atoms with E-state index in [1.54, 1.807) is 24.3 Å². The Balaban J connectivity index is 1.80. The first-order valence-corrected chi connectivity index (χ1v) is 9.07. The maximum Gasteiger partial charge on any atom is 0.348 e. The minimum Gasteiger partial charge on any atom is -0.506 e. The van der Waals surface area contributed by atoms with Gasteiger partial charge in [0.15, 0.2) is 17.1 Å². The van der Waals surface area contributed by atoms with Crippen LogP contribution in [-0.2, 0) is 0 Å². The van der Waals surface area contributed by atoms with Crippen LogP contribution in [0.3, 0.4) is 0 Å². The molecule has 2 aliphatic heterocycles. The van der Waals surface area contributed by atoms with Crippen LogP contribution in [0.5, 0.6) is 28.7 Å². The lowest BCUT2D eigenvalue weighted by Gasteiger charge is -2.28. The molecular formula is C22H18O7. The molecule has 0 saturated carbocycles. The largest absolute Gasteiger partial charge is 0.506 e. The molecule has 0 aliphatic carbocycles. The van der Waals surface area contributed by atoms with Gasteiger partial charge in [0.25, 0.3) is 0 Å². The number of hydrogen-bond acceptors (Lipinski definition) is 7. The minimum absolute atomic E-state index is 0.0232. The molecule has 5 rings (SSSR count). The number of hydrogen-bond donors (Lipinski definition) is 1. The highest BCUT2D eigenvalue weighted by Crippen LogP contribution is 2.46. The zero-order valence-electron chi connectivity index (χ0n) is 16.1. The summed E-state index contributed by atoms with van der Waals surface area (Å²) >= 11 is 0. The number of ether oxygens (including phenoxy) is 4. The number of methoxy groups -OCH3 is 1. The molecule has 0 bridgehead atoms. The molecule has 7 nitrogen and oxygen atoms in total. The van der Waals surface area contributed by atoms with Gasteiger partial charge in [0.05, 0.1) is 12.7 Å². The molecule has 148 valence electrons. The molecular weight excluding hydrogens is 376 g/mol. The van der Waals surface area contributed by atoms with Crippen molar-refractivity contribution in [1.82, 2.24) is 0 Å². The predicted molar refractivity (Wildman–Crippen MR) is 106 cm³/mol. The van der Waals surface area contributed by atoms with Gasteiger partial charge in [0, 0.05) is 6.07 Å². The van der Waals surface area contributed by atoms with E-state index in [1.165, 1.54) is 7.11 Å². The van der Waals surface area contributed by atoms with E-state index < -0.39 is 11.2 Å². The van der Waals surface area contributed by atoms with E-state index in [9.17, 15) is 9.90 Å². The second-order valence-corrected chi connectivity index (χ2v) is 7.41. The van der Waals surface area contributed by atoms with E-state index in [0.717, 1.165) is 0 Å². The van der Waals surface area contributed by atoms with Gasteiger partial charge in [-0.1, -0.05) is 6.07 Å². The number of benzene rings is 2. The Kier molecular flexibility index (Phi) is 3.58. The van der Waals surface area contributed by atoms with Crippen LogP contribution in [0.15, 0.2) is 39.6 Å². The highest BCUT2D eigenvalue weighted by Gasteiger charge is 2.29. The van der Waals surface area contributed by atoms with Crippen molar-refractivity contribution >= 4 is 17.0 Å². The Morgan fingerprint density at radius 2 is 1.90 bits per heavy atom. The van der Waals surface area contributed by atoms with E-state index in [1.807, 2.05) is 26.0 Å². The Morgan fingerprint density at radius 1 is 1.10 bits per heavy atom. The predicted octanol–water partition coefficient (Wildman–Crippen LogP) is 4.09. The van der Waals surface area contributed by atoms with Crippen molar-refractivity contribution in [3.63, 3.8) is 0 Å². The van der Waals surface area contributed by atoms with Gasteiger partial charge in [-0.25, -0.2) is 4.79 Å². The fourth-order valence-corrected chi connectivity index (χ4v) is 3.63. The van der Waals surface area contributed by atoms with Crippen LogP contribution < -0.4 is 24.6 Å². The number of fused-ring (bicyclic) bond motifs is 4. The van der Waals surface area contributed by atoms with Crippen molar-refractivity contribution < 1.29 is 28.5 Å². The van der Waals surface area contributed by atoms with Crippen LogP contribution in [0, 0.1) is 0 Å². The third-order valence-corrected chi connectivity index (χ3v) is 5.02. The average Bonchev–Trinajstić information content (AvgIpc) is 3.14. The summed E-state index contributed by atoms with van der Waals surface area (Å²) in [6.45, 7) is 3.94. The zero-order chi connectivity index (χ0) is 20.3. The van der Waals surface area contributed by atoms with Crippen molar-refractivity contribution in [1.29, 1.82) is 0 Å². The number of aromatic hydroxyl groups is 1. The summed E-state index contributed by atoms with van der Waals surface area (Å²) in [5.74, 6) is 1.70. The van der Waals surface area contributed by atoms with Crippen molar-refractivity contribution in [3.8, 4) is 39.9 Å². The highest BCUT2D eigenvalue weighted by atomic mass is 16.7. The monoisotopic (exact) mass is 394 g/mol. The number of rotatable bonds is 2. The fraction of sp³-hybridized carbons (Fsp3) is 0.227. The molecule has 2 aromatic carbocycles. The third kappa shape index (κ3) is 2.61. The third-order valence-electron chi connectivity index (χ3n) is 5.02. The Bertz CT molecular complexity index is 1250. The second kappa shape index (κ2) is 5.94. The summed E-state index contributed by atoms with van der Waals surface area (Å²) in [6.07, 6.45) is 3.69. The summed E-state index contributed by atoms with van der Waals surface area (Å²) in [7, 11) is 1.48. The molecule has 2 aliphatic rings. The maximum atomic E-state index is 12.9. The van der Waals surface area contributed by atoms with Crippen LogP contribution in [0.25, 0.3) is 28.2 Å². The first kappa shape index (κ1) is 17.5. The van der Waals surface area contributed by atoms with Crippen molar-refractivity contribution in [2.75, 3.05) is 13.9 Å². The van der Waals surface area contributed by atoms with Crippen LogP contribution in [-0.4, -0.2) is 24.6 Å². The normalized spacial score (nSPS) is 15.8. The summed E-state index contributed by atoms with van der Waals surface area (Å²) < 4.78 is 27.8. The smallest absolute Gasteiger partial charge is 0.348 e. The van der Waals surface area contributed by atoms with Crippen molar-refractivity contribution in [2.24, 2.45) is 0 Å². The molecule has 0 fully saturated rings. The lowest BCUT2D eigenvalue weighted by molar-refractivity contribution is 0.158. The first-order valence-electron chi connectivity index (χ1n) is 9.07. The Morgan fingerprint density at radius 3 is 2.69 bits per heavy atom. The zero-order valence-corrected chi connectivity index (χ0v) is 16.1. The molecule has 29 heavy (non-hydrogen) atoms. The minimum atomic E-state index is -0.678. The summed E-state index contributed by atoms with van der Waals surface area (Å²) in [5, 5.41) is 11.4. The molecule has 7 heteroatoms. The van der Waals surface area contributed by atoms with E-state index in [0.29, 0.717) is 39.5 Å². The van der Waals surface area contributed by atoms with Crippen molar-refractivity contribution in [3.05, 3.63) is 46.3 Å². The quantitative estimate of drug-likeness (QED) is 0.655. The summed E-state index contributed by atoms with van der Waals surface area (Å²) in [6, 6.07) is 6.67. The van der Waals surface area contributed by atoms with Crippen LogP contribution in [0.4, 0.5) is 0 Å². The molecule has 0 amide bonds. The molecule has 0 saturated heterocycles. The van der Waals surface area contributed by atoms with Gasteiger partial charge in [-0.2, -0.15) is 0 Å². The van der Waals surface area contributed by atoms with Gasteiger partial charge in [0.1, 0.15) is 33.8 Å². The SMILES string of the molecule is COc1cc2c(c3oc(=O)c(-c4ccc5c(c4)OCO5)c(O)c13)C=CC(C)(C)O2. The first-order chi connectivity index (χ1) is 13.9. The van der Waals surface area contributed by atoms with Gasteiger partial charge in [-0.15, -0.1) is 0 Å². The van der Waals surface area contributed by atoms with E-state index in [-0.39, 0.29) is 23.7 Å². The van der Waals surface area contributed by atoms with Gasteiger partial charge in [0.2, 0.25) is 6.79 Å². The van der Waals surface area contributed by atoms with Gasteiger partial charge in [-0.3, -0.25) is 0 Å². The van der Waals surface area contributed by atoms with E-state index in [4.69, 9.17) is 23.4 Å². The van der Waals surface area contributed by atoms with Crippen LogP contribution in [0.1, 0.15) is 19.4 Å². The van der Waals surface area contributed by atoms with Crippen molar-refractivity contribution in [2.45, 2.75) is 19.4 Å². The standard InChI is InChI=1S/C22H18O7/c1-22(2)7-6-12-14(29-22)9-16(25-3)18-19(23)17(21(24)28-20(12)18)11-4-5-13-15(8-11)27-10-26-13/h4-9,23H,10H2,1-3H3. The molecule has 3 heterocycles. The molecule has 0 spiro atoms. The van der Waals surface area contributed by atoms with Gasteiger partial charge in [-0.05, 0) is 43.7 Å². The highest BCUT2D eigenvalue weighted by molar-refractivity contribution is 6.00. The molecule has 3 aromatic rings. The molecule has 1 aromatic heterocycles. The lowest BCUT2D eigenvalue weighted by Crippen LogP contribution is -2.27. The fourth-order valence-electron chi connectivity index (χ4n) is 3.63. The van der Waals surface area contributed by atoms with Crippen LogP contribution in [0.2, 0.25) is 0 Å². The van der Waals surface area contributed by atoms with E-state index >= 15 is 0 Å². The summed E-state index contributed by atoms with van der Waals surface area (Å²) in [5.41, 5.74) is 0.0658. The van der Waals surface area contributed by atoms with Gasteiger partial charge >= 0.3 is 5.63 Å².